The summed E-state index contributed by atoms with van der Waals surface area (Å²) in [5.41, 5.74) is 1.99. The molecule has 2 N–H and O–H groups in total. The largest absolute Gasteiger partial charge is 0.462 e. The van der Waals surface area contributed by atoms with Crippen LogP contribution in [0.5, 0.6) is 0 Å². The number of ketones is 1. The predicted molar refractivity (Wildman–Crippen MR) is 121 cm³/mol. The number of ether oxygens (including phenoxy) is 1. The molecule has 0 bridgehead atoms. The van der Waals surface area contributed by atoms with Crippen molar-refractivity contribution in [2.75, 3.05) is 11.9 Å². The highest BCUT2D eigenvalue weighted by molar-refractivity contribution is 7.18. The number of esters is 1. The molecule has 0 aliphatic rings. The van der Waals surface area contributed by atoms with Crippen molar-refractivity contribution in [2.24, 2.45) is 0 Å². The lowest BCUT2D eigenvalue weighted by Crippen LogP contribution is -2.49. The fourth-order valence-electron chi connectivity index (χ4n) is 2.65. The number of rotatable bonds is 7. The molecule has 0 radical (unpaired) electrons. The highest BCUT2D eigenvalue weighted by atomic mass is 35.6. The molecular formula is C20H21Cl3N2O4S. The summed E-state index contributed by atoms with van der Waals surface area (Å²) in [7, 11) is 0. The van der Waals surface area contributed by atoms with E-state index >= 15 is 0 Å². The van der Waals surface area contributed by atoms with E-state index in [9.17, 15) is 14.4 Å². The Morgan fingerprint density at radius 2 is 1.73 bits per heavy atom. The van der Waals surface area contributed by atoms with Crippen LogP contribution in [0.3, 0.4) is 0 Å². The van der Waals surface area contributed by atoms with Gasteiger partial charge < -0.3 is 15.4 Å². The molecular weight excluding hydrogens is 471 g/mol. The van der Waals surface area contributed by atoms with E-state index in [-0.39, 0.29) is 23.0 Å². The third kappa shape index (κ3) is 5.88. The van der Waals surface area contributed by atoms with Crippen LogP contribution in [-0.4, -0.2) is 34.2 Å². The number of hydrogen-bond donors (Lipinski definition) is 2. The van der Waals surface area contributed by atoms with Crippen LogP contribution in [-0.2, 0) is 4.74 Å². The SMILES string of the molecule is CCOC(=O)c1c(N[C@H](NC(=O)c2ccc(C)cc2)C(Cl)(Cl)Cl)sc(C(C)=O)c1C. The molecule has 1 heterocycles. The highest BCUT2D eigenvalue weighted by Crippen LogP contribution is 2.38. The molecule has 0 fully saturated rings. The zero-order valence-electron chi connectivity index (χ0n) is 16.8. The Bertz CT molecular complexity index is 952. The van der Waals surface area contributed by atoms with Crippen LogP contribution in [0.25, 0.3) is 0 Å². The summed E-state index contributed by atoms with van der Waals surface area (Å²) in [6, 6.07) is 6.86. The summed E-state index contributed by atoms with van der Waals surface area (Å²) in [4.78, 5) is 37.4. The molecule has 1 atom stereocenters. The van der Waals surface area contributed by atoms with E-state index in [1.807, 2.05) is 6.92 Å². The van der Waals surface area contributed by atoms with Crippen molar-refractivity contribution >= 4 is 68.8 Å². The molecule has 1 amide bonds. The van der Waals surface area contributed by atoms with Crippen LogP contribution in [0.15, 0.2) is 24.3 Å². The Hall–Kier alpha value is -1.80. The second kappa shape index (κ2) is 10.0. The van der Waals surface area contributed by atoms with E-state index < -0.39 is 21.8 Å². The Balaban J connectivity index is 2.40. The summed E-state index contributed by atoms with van der Waals surface area (Å²) >= 11 is 19.3. The van der Waals surface area contributed by atoms with Crippen LogP contribution in [0.1, 0.15) is 55.4 Å². The Labute approximate surface area is 193 Å². The number of Topliss-reactive ketones (excluding diaryl/α,β-unsaturated/α-hetero) is 1. The zero-order valence-corrected chi connectivity index (χ0v) is 19.9. The molecule has 30 heavy (non-hydrogen) atoms. The van der Waals surface area contributed by atoms with Gasteiger partial charge in [-0.1, -0.05) is 52.5 Å². The van der Waals surface area contributed by atoms with Gasteiger partial charge in [-0.05, 0) is 45.4 Å². The number of carbonyl (C=O) groups is 3. The topological polar surface area (TPSA) is 84.5 Å². The van der Waals surface area contributed by atoms with Crippen LogP contribution >= 0.6 is 46.1 Å². The molecule has 10 heteroatoms. The average Bonchev–Trinajstić information content (AvgIpc) is 2.97. The molecule has 6 nitrogen and oxygen atoms in total. The van der Waals surface area contributed by atoms with Gasteiger partial charge in [-0.3, -0.25) is 9.59 Å². The van der Waals surface area contributed by atoms with Gasteiger partial charge in [0.05, 0.1) is 17.0 Å². The molecule has 162 valence electrons. The van der Waals surface area contributed by atoms with E-state index in [1.54, 1.807) is 38.1 Å². The van der Waals surface area contributed by atoms with Crippen molar-refractivity contribution in [1.29, 1.82) is 0 Å². The fraction of sp³-hybridized carbons (Fsp3) is 0.350. The maximum Gasteiger partial charge on any atom is 0.341 e. The number of anilines is 1. The first kappa shape index (κ1) is 24.5. The molecule has 0 unspecified atom stereocenters. The minimum absolute atomic E-state index is 0.154. The summed E-state index contributed by atoms with van der Waals surface area (Å²) in [6.45, 7) is 6.75. The average molecular weight is 492 g/mol. The third-order valence-electron chi connectivity index (χ3n) is 4.14. The number of nitrogens with one attached hydrogen (secondary N) is 2. The Morgan fingerprint density at radius 1 is 1.13 bits per heavy atom. The molecule has 0 saturated heterocycles. The zero-order chi connectivity index (χ0) is 22.6. The van der Waals surface area contributed by atoms with Gasteiger partial charge in [-0.2, -0.15) is 0 Å². The second-order valence-corrected chi connectivity index (χ2v) is 9.88. The number of halogens is 3. The summed E-state index contributed by atoms with van der Waals surface area (Å²) in [5, 5.41) is 5.77. The Kier molecular flexibility index (Phi) is 8.16. The molecule has 2 rings (SSSR count). The fourth-order valence-corrected chi connectivity index (χ4v) is 4.10. The normalized spacial score (nSPS) is 12.2. The minimum Gasteiger partial charge on any atom is -0.462 e. The van der Waals surface area contributed by atoms with E-state index in [2.05, 4.69) is 10.6 Å². The number of thiophene rings is 1. The maximum atomic E-state index is 12.6. The lowest BCUT2D eigenvalue weighted by atomic mass is 10.1. The van der Waals surface area contributed by atoms with Crippen molar-refractivity contribution in [1.82, 2.24) is 5.32 Å². The standard InChI is InChI=1S/C20H21Cl3N2O4S/c1-5-29-18(28)14-11(3)15(12(4)26)30-17(14)25-19(20(21,22)23)24-16(27)13-8-6-10(2)7-9-13/h6-9,19,25H,5H2,1-4H3,(H,24,27)/t19-/m0/s1. The van der Waals surface area contributed by atoms with E-state index in [0.29, 0.717) is 16.0 Å². The number of carbonyl (C=O) groups excluding carboxylic acids is 3. The molecule has 1 aromatic heterocycles. The smallest absolute Gasteiger partial charge is 0.341 e. The third-order valence-corrected chi connectivity index (χ3v) is 6.12. The molecule has 2 aromatic rings. The first-order valence-electron chi connectivity index (χ1n) is 8.97. The van der Waals surface area contributed by atoms with Crippen LogP contribution in [0, 0.1) is 13.8 Å². The van der Waals surface area contributed by atoms with Crippen molar-refractivity contribution in [3.8, 4) is 0 Å². The van der Waals surface area contributed by atoms with Gasteiger partial charge in [0.2, 0.25) is 3.79 Å². The van der Waals surface area contributed by atoms with Gasteiger partial charge >= 0.3 is 5.97 Å². The van der Waals surface area contributed by atoms with Gasteiger partial charge in [0.1, 0.15) is 11.2 Å². The van der Waals surface area contributed by atoms with Crippen molar-refractivity contribution in [2.45, 2.75) is 37.7 Å². The van der Waals surface area contributed by atoms with E-state index in [1.165, 1.54) is 6.92 Å². The lowest BCUT2D eigenvalue weighted by Gasteiger charge is -2.27. The summed E-state index contributed by atoms with van der Waals surface area (Å²) < 4.78 is 3.14. The van der Waals surface area contributed by atoms with E-state index in [0.717, 1.165) is 16.9 Å². The quantitative estimate of drug-likeness (QED) is 0.238. The number of alkyl halides is 3. The monoisotopic (exact) mass is 490 g/mol. The van der Waals surface area contributed by atoms with Gasteiger partial charge in [0.15, 0.2) is 5.78 Å². The van der Waals surface area contributed by atoms with E-state index in [4.69, 9.17) is 39.5 Å². The summed E-state index contributed by atoms with van der Waals surface area (Å²) in [6.07, 6.45) is -1.19. The molecule has 1 aromatic carbocycles. The molecule has 0 saturated carbocycles. The Morgan fingerprint density at radius 3 is 2.23 bits per heavy atom. The summed E-state index contributed by atoms with van der Waals surface area (Å²) in [5.74, 6) is -1.31. The number of benzene rings is 1. The van der Waals surface area contributed by atoms with Gasteiger partial charge in [-0.15, -0.1) is 11.3 Å². The molecule has 0 spiro atoms. The number of hydrogen-bond acceptors (Lipinski definition) is 6. The first-order chi connectivity index (χ1) is 14.0. The maximum absolute atomic E-state index is 12.6. The van der Waals surface area contributed by atoms with Crippen molar-refractivity contribution < 1.29 is 19.1 Å². The van der Waals surface area contributed by atoms with Gasteiger partial charge in [0, 0.05) is 5.56 Å². The minimum atomic E-state index is -1.96. The molecule has 0 aliphatic carbocycles. The van der Waals surface area contributed by atoms with Crippen molar-refractivity contribution in [3.63, 3.8) is 0 Å². The predicted octanol–water partition coefficient (Wildman–Crippen LogP) is 5.28. The van der Waals surface area contributed by atoms with Gasteiger partial charge in [0.25, 0.3) is 5.91 Å². The second-order valence-electron chi connectivity index (χ2n) is 6.50. The number of amides is 1. The van der Waals surface area contributed by atoms with Gasteiger partial charge in [-0.25, -0.2) is 4.79 Å². The lowest BCUT2D eigenvalue weighted by molar-refractivity contribution is 0.0527. The van der Waals surface area contributed by atoms with Crippen LogP contribution in [0.2, 0.25) is 0 Å². The first-order valence-corrected chi connectivity index (χ1v) is 10.9. The van der Waals surface area contributed by atoms with Crippen molar-refractivity contribution in [3.05, 3.63) is 51.4 Å². The number of aryl methyl sites for hydroxylation is 1. The van der Waals surface area contributed by atoms with Crippen LogP contribution in [0.4, 0.5) is 5.00 Å². The van der Waals surface area contributed by atoms with Crippen LogP contribution < -0.4 is 10.6 Å². The molecule has 0 aliphatic heterocycles. The highest BCUT2D eigenvalue weighted by Gasteiger charge is 2.36.